The zero-order chi connectivity index (χ0) is 26.5. The molecule has 39 heavy (non-hydrogen) atoms. The number of benzene rings is 3. The van der Waals surface area contributed by atoms with E-state index in [2.05, 4.69) is 89.8 Å². The van der Waals surface area contributed by atoms with Crippen molar-refractivity contribution in [2.45, 2.75) is 83.1 Å². The van der Waals surface area contributed by atoms with Crippen molar-refractivity contribution >= 4 is 0 Å². The minimum absolute atomic E-state index is 0.0573. The van der Waals surface area contributed by atoms with Crippen LogP contribution in [-0.2, 0) is 34.0 Å². The molecule has 0 N–H and O–H groups in total. The van der Waals surface area contributed by atoms with Crippen molar-refractivity contribution in [3.8, 4) is 0 Å². The third-order valence-electron chi connectivity index (χ3n) is 8.32. The zero-order valence-electron chi connectivity index (χ0n) is 23.3. The average Bonchev–Trinajstić information content (AvgIpc) is 3.00. The topological polar surface area (TPSA) is 30.9 Å². The molecule has 1 aliphatic heterocycles. The van der Waals surface area contributed by atoms with Crippen LogP contribution in [0.4, 0.5) is 0 Å². The van der Waals surface area contributed by atoms with Gasteiger partial charge in [-0.05, 0) is 42.0 Å². The van der Waals surface area contributed by atoms with Gasteiger partial charge in [-0.15, -0.1) is 0 Å². The predicted molar refractivity (Wildman–Crippen MR) is 157 cm³/mol. The van der Waals surface area contributed by atoms with Gasteiger partial charge in [0.25, 0.3) is 0 Å². The van der Waals surface area contributed by atoms with Crippen LogP contribution in [-0.4, -0.2) is 42.8 Å². The third kappa shape index (κ3) is 9.01. The summed E-state index contributed by atoms with van der Waals surface area (Å²) >= 11 is 0. The van der Waals surface area contributed by atoms with Gasteiger partial charge in [-0.2, -0.15) is 0 Å². The molecule has 1 heterocycles. The fraction of sp³-hybridized carbons (Fsp3) is 0.486. The van der Waals surface area contributed by atoms with Crippen LogP contribution in [0.2, 0.25) is 0 Å². The molecule has 2 unspecified atom stereocenters. The lowest BCUT2D eigenvalue weighted by atomic mass is 9.86. The maximum atomic E-state index is 6.64. The van der Waals surface area contributed by atoms with Gasteiger partial charge in [-0.25, -0.2) is 0 Å². The van der Waals surface area contributed by atoms with E-state index in [1.54, 1.807) is 0 Å². The Morgan fingerprint density at radius 3 is 1.51 bits per heavy atom. The molecule has 1 saturated heterocycles. The molecule has 0 aromatic heterocycles. The first-order valence-corrected chi connectivity index (χ1v) is 15.0. The van der Waals surface area contributed by atoms with Gasteiger partial charge in [-0.1, -0.05) is 123 Å². The van der Waals surface area contributed by atoms with Gasteiger partial charge in [0.05, 0.1) is 32.0 Å². The van der Waals surface area contributed by atoms with E-state index in [4.69, 9.17) is 14.2 Å². The summed E-state index contributed by atoms with van der Waals surface area (Å²) in [6.45, 7) is 4.57. The first kappa shape index (κ1) is 28.0. The summed E-state index contributed by atoms with van der Waals surface area (Å²) in [6.07, 6.45) is 9.44. The third-order valence-corrected chi connectivity index (χ3v) is 8.32. The van der Waals surface area contributed by atoms with E-state index in [0.29, 0.717) is 19.8 Å². The first-order valence-electron chi connectivity index (χ1n) is 15.0. The Hall–Kier alpha value is -2.50. The van der Waals surface area contributed by atoms with E-state index in [1.807, 2.05) is 6.07 Å². The molecule has 2 fully saturated rings. The van der Waals surface area contributed by atoms with Crippen molar-refractivity contribution in [3.63, 3.8) is 0 Å². The van der Waals surface area contributed by atoms with Gasteiger partial charge in [0.2, 0.25) is 0 Å². The molecule has 2 aliphatic rings. The fourth-order valence-electron chi connectivity index (χ4n) is 6.12. The van der Waals surface area contributed by atoms with Crippen molar-refractivity contribution in [1.29, 1.82) is 0 Å². The summed E-state index contributed by atoms with van der Waals surface area (Å²) in [5.74, 6) is 0.917. The molecule has 4 nitrogen and oxygen atoms in total. The quantitative estimate of drug-likeness (QED) is 0.231. The summed E-state index contributed by atoms with van der Waals surface area (Å²) in [4.78, 5) is 2.57. The normalized spacial score (nSPS) is 22.6. The highest BCUT2D eigenvalue weighted by molar-refractivity contribution is 5.15. The summed E-state index contributed by atoms with van der Waals surface area (Å²) in [7, 11) is 0. The molecular formula is C35H45NO3. The number of ether oxygens (including phenoxy) is 3. The summed E-state index contributed by atoms with van der Waals surface area (Å²) in [6, 6.07) is 31.4. The zero-order valence-corrected chi connectivity index (χ0v) is 23.3. The second-order valence-electron chi connectivity index (χ2n) is 11.3. The van der Waals surface area contributed by atoms with Crippen molar-refractivity contribution in [3.05, 3.63) is 108 Å². The van der Waals surface area contributed by atoms with E-state index in [1.165, 1.54) is 61.6 Å². The lowest BCUT2D eigenvalue weighted by Crippen LogP contribution is -2.58. The van der Waals surface area contributed by atoms with Crippen molar-refractivity contribution in [2.24, 2.45) is 5.92 Å². The van der Waals surface area contributed by atoms with Crippen LogP contribution < -0.4 is 0 Å². The molecular weight excluding hydrogens is 482 g/mol. The number of piperidine rings is 1. The molecule has 2 atom stereocenters. The van der Waals surface area contributed by atoms with Crippen LogP contribution in [0.3, 0.4) is 0 Å². The van der Waals surface area contributed by atoms with Crippen LogP contribution >= 0.6 is 0 Å². The summed E-state index contributed by atoms with van der Waals surface area (Å²) < 4.78 is 19.9. The number of likely N-dealkylation sites (tertiary alicyclic amines) is 1. The molecule has 208 valence electrons. The maximum Gasteiger partial charge on any atom is 0.113 e. The second kappa shape index (κ2) is 15.3. The lowest BCUT2D eigenvalue weighted by Gasteiger charge is -2.43. The summed E-state index contributed by atoms with van der Waals surface area (Å²) in [5, 5.41) is 0. The van der Waals surface area contributed by atoms with Gasteiger partial charge in [0.1, 0.15) is 6.10 Å². The number of hydrogen-bond acceptors (Lipinski definition) is 4. The van der Waals surface area contributed by atoms with E-state index in [9.17, 15) is 0 Å². The molecule has 5 rings (SSSR count). The molecule has 4 heteroatoms. The van der Waals surface area contributed by atoms with E-state index in [-0.39, 0.29) is 18.3 Å². The molecule has 0 spiro atoms. The van der Waals surface area contributed by atoms with Crippen molar-refractivity contribution in [2.75, 3.05) is 19.6 Å². The van der Waals surface area contributed by atoms with Gasteiger partial charge in [-0.3, -0.25) is 4.90 Å². The Labute approximate surface area is 235 Å². The standard InChI is InChI=1S/C35H45NO3/c1-5-14-29(15-6-1)22-13-23-36-24-33(37-26-30-16-7-2-8-17-30)35(39-28-32-20-11-4-12-21-32)34(25-36)38-27-31-18-9-3-10-19-31/h2-4,7-12,16-21,29,33-35H,1,5-6,13-15,22-28H2. The second-order valence-corrected chi connectivity index (χ2v) is 11.3. The highest BCUT2D eigenvalue weighted by Gasteiger charge is 2.39. The molecule has 0 amide bonds. The molecule has 1 aliphatic carbocycles. The SMILES string of the molecule is c1ccc(COC2CN(CCCC3CCCCC3)CC(OCc3ccccc3)C2OCc2ccccc2)cc1. The molecule has 0 radical (unpaired) electrons. The Morgan fingerprint density at radius 1 is 0.564 bits per heavy atom. The lowest BCUT2D eigenvalue weighted by molar-refractivity contribution is -0.184. The highest BCUT2D eigenvalue weighted by Crippen LogP contribution is 2.29. The van der Waals surface area contributed by atoms with E-state index >= 15 is 0 Å². The Balaban J connectivity index is 1.28. The molecule has 0 bridgehead atoms. The molecule has 3 aromatic rings. The van der Waals surface area contributed by atoms with Crippen LogP contribution in [0.1, 0.15) is 61.6 Å². The minimum atomic E-state index is -0.132. The van der Waals surface area contributed by atoms with Crippen LogP contribution in [0.25, 0.3) is 0 Å². The summed E-state index contributed by atoms with van der Waals surface area (Å²) in [5.41, 5.74) is 3.56. The Morgan fingerprint density at radius 2 is 1.03 bits per heavy atom. The van der Waals surface area contributed by atoms with Gasteiger partial charge < -0.3 is 14.2 Å². The van der Waals surface area contributed by atoms with Gasteiger partial charge >= 0.3 is 0 Å². The van der Waals surface area contributed by atoms with Gasteiger partial charge in [0, 0.05) is 13.1 Å². The van der Waals surface area contributed by atoms with E-state index in [0.717, 1.165) is 25.6 Å². The van der Waals surface area contributed by atoms with Crippen molar-refractivity contribution < 1.29 is 14.2 Å². The largest absolute Gasteiger partial charge is 0.369 e. The predicted octanol–water partition coefficient (Wildman–Crippen LogP) is 7.42. The van der Waals surface area contributed by atoms with Crippen LogP contribution in [0.15, 0.2) is 91.0 Å². The number of rotatable bonds is 13. The average molecular weight is 528 g/mol. The van der Waals surface area contributed by atoms with Crippen molar-refractivity contribution in [1.82, 2.24) is 4.90 Å². The number of nitrogens with zero attached hydrogens (tertiary/aromatic N) is 1. The van der Waals surface area contributed by atoms with Gasteiger partial charge in [0.15, 0.2) is 0 Å². The first-order chi connectivity index (χ1) is 19.3. The molecule has 1 saturated carbocycles. The van der Waals surface area contributed by atoms with Crippen LogP contribution in [0.5, 0.6) is 0 Å². The smallest absolute Gasteiger partial charge is 0.113 e. The van der Waals surface area contributed by atoms with E-state index < -0.39 is 0 Å². The van der Waals surface area contributed by atoms with Crippen LogP contribution in [0, 0.1) is 5.92 Å². The Bertz CT molecular complexity index is 1000. The fourth-order valence-corrected chi connectivity index (χ4v) is 6.12. The number of hydrogen-bond donors (Lipinski definition) is 0. The molecule has 3 aromatic carbocycles. The highest BCUT2D eigenvalue weighted by atomic mass is 16.6. The minimum Gasteiger partial charge on any atom is -0.369 e. The Kier molecular flexibility index (Phi) is 11.0. The monoisotopic (exact) mass is 527 g/mol. The maximum absolute atomic E-state index is 6.64.